The molecule has 0 saturated heterocycles. The first kappa shape index (κ1) is 13.9. The average Bonchev–Trinajstić information content (AvgIpc) is 2.55. The van der Waals surface area contributed by atoms with Gasteiger partial charge in [-0.05, 0) is 30.3 Å². The fourth-order valence-electron chi connectivity index (χ4n) is 2.05. The molecule has 7 nitrogen and oxygen atoms in total. The molecule has 2 aromatic carbocycles. The van der Waals surface area contributed by atoms with E-state index in [9.17, 15) is 10.1 Å². The van der Waals surface area contributed by atoms with E-state index in [1.54, 1.807) is 13.2 Å². The highest BCUT2D eigenvalue weighted by molar-refractivity contribution is 5.99. The standard InChI is InChI=1S/C15H13N3O4/c1-21-12-5-2-10(3-6-12)16-15-9-22-14-8-11(18(19)20)4-7-13(14)17-15/h2-8H,9H2,1H3,(H,16,17). The molecule has 0 spiro atoms. The lowest BCUT2D eigenvalue weighted by Crippen LogP contribution is -2.23. The van der Waals surface area contributed by atoms with Crippen LogP contribution in [-0.2, 0) is 0 Å². The summed E-state index contributed by atoms with van der Waals surface area (Å²) in [5.74, 6) is 1.81. The number of anilines is 1. The summed E-state index contributed by atoms with van der Waals surface area (Å²) in [5.41, 5.74) is 1.40. The molecule has 0 saturated carbocycles. The number of nitrogens with zero attached hydrogens (tertiary/aromatic N) is 2. The maximum absolute atomic E-state index is 10.7. The van der Waals surface area contributed by atoms with Crippen LogP contribution >= 0.6 is 0 Å². The lowest BCUT2D eigenvalue weighted by molar-refractivity contribution is -0.384. The number of ether oxygens (including phenoxy) is 2. The number of nitro groups is 1. The van der Waals surface area contributed by atoms with Crippen molar-refractivity contribution in [2.24, 2.45) is 4.99 Å². The first-order valence-corrected chi connectivity index (χ1v) is 6.55. The summed E-state index contributed by atoms with van der Waals surface area (Å²) in [6, 6.07) is 11.8. The number of methoxy groups -OCH3 is 1. The molecule has 7 heteroatoms. The van der Waals surface area contributed by atoms with Gasteiger partial charge in [0, 0.05) is 11.8 Å². The normalized spacial score (nSPS) is 12.7. The molecule has 0 bridgehead atoms. The van der Waals surface area contributed by atoms with E-state index < -0.39 is 4.92 Å². The second-order valence-electron chi connectivity index (χ2n) is 4.61. The molecule has 0 unspecified atom stereocenters. The van der Waals surface area contributed by atoms with Gasteiger partial charge in [-0.1, -0.05) is 0 Å². The summed E-state index contributed by atoms with van der Waals surface area (Å²) in [4.78, 5) is 14.7. The van der Waals surface area contributed by atoms with Crippen molar-refractivity contribution in [3.05, 3.63) is 52.6 Å². The summed E-state index contributed by atoms with van der Waals surface area (Å²) in [5, 5.41) is 13.9. The van der Waals surface area contributed by atoms with Crippen LogP contribution in [0.5, 0.6) is 11.5 Å². The second-order valence-corrected chi connectivity index (χ2v) is 4.61. The lowest BCUT2D eigenvalue weighted by atomic mass is 10.2. The molecule has 0 aliphatic carbocycles. The predicted molar refractivity (Wildman–Crippen MR) is 82.3 cm³/mol. The molecular weight excluding hydrogens is 286 g/mol. The number of benzene rings is 2. The third-order valence-corrected chi connectivity index (χ3v) is 3.15. The number of amidine groups is 1. The summed E-state index contributed by atoms with van der Waals surface area (Å²) < 4.78 is 10.6. The minimum absolute atomic E-state index is 0.0134. The van der Waals surface area contributed by atoms with Gasteiger partial charge < -0.3 is 14.8 Å². The Labute approximate surface area is 126 Å². The number of rotatable bonds is 3. The van der Waals surface area contributed by atoms with Gasteiger partial charge in [0.05, 0.1) is 18.1 Å². The Balaban J connectivity index is 1.80. The molecule has 1 aliphatic rings. The maximum Gasteiger partial charge on any atom is 0.273 e. The number of hydrogen-bond donors (Lipinski definition) is 1. The second kappa shape index (κ2) is 5.72. The van der Waals surface area contributed by atoms with Crippen molar-refractivity contribution in [3.8, 4) is 11.5 Å². The first-order chi connectivity index (χ1) is 10.7. The average molecular weight is 299 g/mol. The SMILES string of the molecule is COc1ccc(NC2=Nc3ccc([N+](=O)[O-])cc3OC2)cc1. The van der Waals surface area contributed by atoms with Crippen LogP contribution < -0.4 is 14.8 Å². The highest BCUT2D eigenvalue weighted by Gasteiger charge is 2.17. The molecule has 0 fully saturated rings. The van der Waals surface area contributed by atoms with E-state index in [2.05, 4.69) is 10.3 Å². The smallest absolute Gasteiger partial charge is 0.273 e. The zero-order chi connectivity index (χ0) is 15.5. The largest absolute Gasteiger partial charge is 0.497 e. The van der Waals surface area contributed by atoms with Crippen molar-refractivity contribution in [1.29, 1.82) is 0 Å². The van der Waals surface area contributed by atoms with Crippen LogP contribution in [-0.4, -0.2) is 24.5 Å². The Morgan fingerprint density at radius 3 is 2.73 bits per heavy atom. The molecule has 22 heavy (non-hydrogen) atoms. The molecule has 1 aliphatic heterocycles. The van der Waals surface area contributed by atoms with Crippen LogP contribution in [0.2, 0.25) is 0 Å². The Kier molecular flexibility index (Phi) is 3.61. The maximum atomic E-state index is 10.7. The Bertz CT molecular complexity index is 741. The van der Waals surface area contributed by atoms with Crippen molar-refractivity contribution < 1.29 is 14.4 Å². The number of nitro benzene ring substituents is 1. The fourth-order valence-corrected chi connectivity index (χ4v) is 2.05. The molecule has 1 heterocycles. The van der Waals surface area contributed by atoms with Crippen molar-refractivity contribution in [2.45, 2.75) is 0 Å². The monoisotopic (exact) mass is 299 g/mol. The third kappa shape index (κ3) is 2.83. The summed E-state index contributed by atoms with van der Waals surface area (Å²) in [7, 11) is 1.61. The number of hydrogen-bond acceptors (Lipinski definition) is 6. The van der Waals surface area contributed by atoms with Crippen LogP contribution in [0, 0.1) is 10.1 Å². The number of nitrogens with one attached hydrogen (secondary N) is 1. The van der Waals surface area contributed by atoms with Crippen LogP contribution in [0.25, 0.3) is 0 Å². The van der Waals surface area contributed by atoms with Gasteiger partial charge in [0.15, 0.2) is 5.75 Å². The van der Waals surface area contributed by atoms with E-state index in [0.29, 0.717) is 17.3 Å². The van der Waals surface area contributed by atoms with E-state index in [4.69, 9.17) is 9.47 Å². The summed E-state index contributed by atoms with van der Waals surface area (Å²) in [6.07, 6.45) is 0. The molecule has 0 amide bonds. The Hall–Kier alpha value is -3.09. The minimum atomic E-state index is -0.460. The predicted octanol–water partition coefficient (Wildman–Crippen LogP) is 3.14. The molecule has 2 aromatic rings. The quantitative estimate of drug-likeness (QED) is 0.695. The highest BCUT2D eigenvalue weighted by atomic mass is 16.6. The number of non-ortho nitro benzene ring substituents is 1. The topological polar surface area (TPSA) is 86.0 Å². The lowest BCUT2D eigenvalue weighted by Gasteiger charge is -2.18. The zero-order valence-corrected chi connectivity index (χ0v) is 11.8. The van der Waals surface area contributed by atoms with E-state index in [-0.39, 0.29) is 12.3 Å². The zero-order valence-electron chi connectivity index (χ0n) is 11.8. The Morgan fingerprint density at radius 2 is 2.05 bits per heavy atom. The molecule has 0 radical (unpaired) electrons. The molecule has 1 N–H and O–H groups in total. The van der Waals surface area contributed by atoms with Crippen LogP contribution in [0.1, 0.15) is 0 Å². The molecule has 3 rings (SSSR count). The van der Waals surface area contributed by atoms with Crippen LogP contribution in [0.3, 0.4) is 0 Å². The molecule has 0 aromatic heterocycles. The minimum Gasteiger partial charge on any atom is -0.497 e. The van der Waals surface area contributed by atoms with Gasteiger partial charge in [0.1, 0.15) is 23.9 Å². The first-order valence-electron chi connectivity index (χ1n) is 6.55. The molecular formula is C15H13N3O4. The van der Waals surface area contributed by atoms with Gasteiger partial charge in [0.25, 0.3) is 5.69 Å². The molecule has 112 valence electrons. The van der Waals surface area contributed by atoms with Crippen molar-refractivity contribution in [2.75, 3.05) is 19.0 Å². The van der Waals surface area contributed by atoms with Crippen molar-refractivity contribution >= 4 is 22.9 Å². The van der Waals surface area contributed by atoms with E-state index in [0.717, 1.165) is 11.4 Å². The van der Waals surface area contributed by atoms with E-state index >= 15 is 0 Å². The number of aliphatic imine (C=N–C) groups is 1. The summed E-state index contributed by atoms with van der Waals surface area (Å²) in [6.45, 7) is 0.222. The van der Waals surface area contributed by atoms with Gasteiger partial charge in [-0.3, -0.25) is 10.1 Å². The van der Waals surface area contributed by atoms with Gasteiger partial charge in [0.2, 0.25) is 0 Å². The van der Waals surface area contributed by atoms with Gasteiger partial charge in [-0.25, -0.2) is 4.99 Å². The van der Waals surface area contributed by atoms with Crippen LogP contribution in [0.15, 0.2) is 47.5 Å². The van der Waals surface area contributed by atoms with Crippen molar-refractivity contribution in [1.82, 2.24) is 0 Å². The van der Waals surface area contributed by atoms with E-state index in [1.807, 2.05) is 24.3 Å². The highest BCUT2D eigenvalue weighted by Crippen LogP contribution is 2.34. The van der Waals surface area contributed by atoms with Gasteiger partial charge >= 0.3 is 0 Å². The fraction of sp³-hybridized carbons (Fsp3) is 0.133. The van der Waals surface area contributed by atoms with Gasteiger partial charge in [-0.15, -0.1) is 0 Å². The van der Waals surface area contributed by atoms with Crippen LogP contribution in [0.4, 0.5) is 17.1 Å². The van der Waals surface area contributed by atoms with Gasteiger partial charge in [-0.2, -0.15) is 0 Å². The number of fused-ring (bicyclic) bond motifs is 1. The van der Waals surface area contributed by atoms with E-state index in [1.165, 1.54) is 12.1 Å². The van der Waals surface area contributed by atoms with Crippen molar-refractivity contribution in [3.63, 3.8) is 0 Å². The molecule has 0 atom stereocenters. The Morgan fingerprint density at radius 1 is 1.27 bits per heavy atom. The third-order valence-electron chi connectivity index (χ3n) is 3.15. The summed E-state index contributed by atoms with van der Waals surface area (Å²) >= 11 is 0.